The molecule has 4 N–H and O–H groups in total. The van der Waals surface area contributed by atoms with Crippen molar-refractivity contribution in [3.8, 4) is 11.3 Å². The third kappa shape index (κ3) is 6.69. The molecule has 45 heavy (non-hydrogen) atoms. The number of carbonyl (C=O) groups excluding carboxylic acids is 2. The summed E-state index contributed by atoms with van der Waals surface area (Å²) in [6.07, 6.45) is 10.2. The summed E-state index contributed by atoms with van der Waals surface area (Å²) >= 11 is 0. The van der Waals surface area contributed by atoms with E-state index in [1.807, 2.05) is 6.08 Å². The number of rotatable bonds is 3. The first kappa shape index (κ1) is 30.3. The normalized spacial score (nSPS) is 19.4. The Bertz CT molecular complexity index is 1750. The summed E-state index contributed by atoms with van der Waals surface area (Å²) in [5.41, 5.74) is 8.66. The zero-order chi connectivity index (χ0) is 31.6. The molecule has 1 fully saturated rings. The summed E-state index contributed by atoms with van der Waals surface area (Å²) in [6.45, 7) is 0. The maximum Gasteiger partial charge on any atom is 0.416 e. The molecule has 4 aromatic rings. The maximum atomic E-state index is 13.1. The number of halogens is 3. The number of anilines is 2. The number of hydrogen-bond donors (Lipinski definition) is 3. The van der Waals surface area contributed by atoms with Crippen molar-refractivity contribution in [2.75, 3.05) is 11.1 Å². The van der Waals surface area contributed by atoms with Crippen LogP contribution in [0.2, 0.25) is 0 Å². The monoisotopic (exact) mass is 617 g/mol. The van der Waals surface area contributed by atoms with Gasteiger partial charge in [0.25, 0.3) is 5.91 Å². The Morgan fingerprint density at radius 2 is 1.87 bits per heavy atom. The SMILES string of the molecule is Nc1ncc2n3c(nc(-c4ccc(C(=O)Nc5cc(C(F)(F)F)ccn5)cc4)c13)[C@@H]1CCC[C@H](C1)NC(=O)CCCCCC=C2. The van der Waals surface area contributed by atoms with Crippen LogP contribution in [0.1, 0.15) is 91.1 Å². The van der Waals surface area contributed by atoms with Crippen LogP contribution < -0.4 is 16.4 Å². The molecule has 1 saturated carbocycles. The van der Waals surface area contributed by atoms with Crippen LogP contribution in [0, 0.1) is 0 Å². The lowest BCUT2D eigenvalue weighted by Gasteiger charge is -2.29. The number of allylic oxidation sites excluding steroid dienone is 1. The van der Waals surface area contributed by atoms with Crippen molar-refractivity contribution < 1.29 is 22.8 Å². The second kappa shape index (κ2) is 12.7. The fourth-order valence-corrected chi connectivity index (χ4v) is 6.21. The van der Waals surface area contributed by atoms with Crippen LogP contribution in [0.25, 0.3) is 22.9 Å². The molecule has 1 aliphatic heterocycles. The van der Waals surface area contributed by atoms with Crippen LogP contribution in [-0.2, 0) is 11.0 Å². The van der Waals surface area contributed by atoms with E-state index in [1.165, 1.54) is 0 Å². The predicted molar refractivity (Wildman–Crippen MR) is 165 cm³/mol. The van der Waals surface area contributed by atoms with Crippen molar-refractivity contribution in [1.82, 2.24) is 24.7 Å². The van der Waals surface area contributed by atoms with E-state index >= 15 is 0 Å². The molecular weight excluding hydrogens is 583 g/mol. The van der Waals surface area contributed by atoms with Gasteiger partial charge in [0.15, 0.2) is 0 Å². The number of nitrogens with two attached hydrogens (primary N) is 1. The first-order valence-electron chi connectivity index (χ1n) is 15.2. The Hall–Kier alpha value is -4.74. The molecule has 0 spiro atoms. The van der Waals surface area contributed by atoms with Crippen LogP contribution >= 0.6 is 0 Å². The van der Waals surface area contributed by atoms with Crippen molar-refractivity contribution in [2.24, 2.45) is 0 Å². The van der Waals surface area contributed by atoms with Crippen molar-refractivity contribution in [2.45, 2.75) is 75.9 Å². The first-order valence-corrected chi connectivity index (χ1v) is 15.2. The molecule has 6 rings (SSSR count). The number of hydrogen-bond acceptors (Lipinski definition) is 6. The van der Waals surface area contributed by atoms with E-state index in [0.29, 0.717) is 29.0 Å². The highest BCUT2D eigenvalue weighted by atomic mass is 19.4. The molecule has 12 heteroatoms. The number of nitrogen functional groups attached to an aromatic ring is 1. The number of alkyl halides is 3. The van der Waals surface area contributed by atoms with Crippen LogP contribution in [-0.4, -0.2) is 37.2 Å². The molecule has 2 bridgehead atoms. The van der Waals surface area contributed by atoms with E-state index in [-0.39, 0.29) is 29.2 Å². The Morgan fingerprint density at radius 1 is 1.04 bits per heavy atom. The van der Waals surface area contributed by atoms with Gasteiger partial charge in [-0.1, -0.05) is 31.1 Å². The fraction of sp³-hybridized carbons (Fsp3) is 0.364. The minimum Gasteiger partial charge on any atom is -0.382 e. The highest BCUT2D eigenvalue weighted by Crippen LogP contribution is 2.38. The third-order valence-electron chi connectivity index (χ3n) is 8.46. The third-order valence-corrected chi connectivity index (χ3v) is 8.46. The summed E-state index contributed by atoms with van der Waals surface area (Å²) < 4.78 is 41.4. The van der Waals surface area contributed by atoms with Gasteiger partial charge in [-0.2, -0.15) is 13.2 Å². The smallest absolute Gasteiger partial charge is 0.382 e. The number of imidazole rings is 1. The van der Waals surface area contributed by atoms with Crippen molar-refractivity contribution in [3.05, 3.63) is 77.5 Å². The molecule has 9 nitrogen and oxygen atoms in total. The summed E-state index contributed by atoms with van der Waals surface area (Å²) in [7, 11) is 0. The van der Waals surface area contributed by atoms with Crippen molar-refractivity contribution in [3.63, 3.8) is 0 Å². The van der Waals surface area contributed by atoms with Gasteiger partial charge in [0.05, 0.1) is 17.5 Å². The number of benzene rings is 1. The van der Waals surface area contributed by atoms with Crippen LogP contribution in [0.3, 0.4) is 0 Å². The molecule has 2 aliphatic rings. The molecular formula is C33H34F3N7O2. The lowest BCUT2D eigenvalue weighted by Crippen LogP contribution is -2.38. The largest absolute Gasteiger partial charge is 0.416 e. The minimum atomic E-state index is -4.55. The van der Waals surface area contributed by atoms with Gasteiger partial charge >= 0.3 is 6.18 Å². The topological polar surface area (TPSA) is 127 Å². The van der Waals surface area contributed by atoms with E-state index in [2.05, 4.69) is 31.1 Å². The highest BCUT2D eigenvalue weighted by molar-refractivity contribution is 6.04. The zero-order valence-corrected chi connectivity index (χ0v) is 24.6. The van der Waals surface area contributed by atoms with Gasteiger partial charge in [-0.15, -0.1) is 0 Å². The first-order chi connectivity index (χ1) is 21.7. The quantitative estimate of drug-likeness (QED) is 0.233. The van der Waals surface area contributed by atoms with E-state index in [0.717, 1.165) is 81.2 Å². The molecule has 1 aliphatic carbocycles. The Morgan fingerprint density at radius 3 is 2.67 bits per heavy atom. The lowest BCUT2D eigenvalue weighted by molar-refractivity contribution is -0.137. The van der Waals surface area contributed by atoms with Gasteiger partial charge in [-0.05, 0) is 68.9 Å². The standard InChI is InChI=1S/C33H34F3N7O2/c34-33(35,36)23-15-16-38-26(18-23)41-32(45)21-13-11-20(12-14-21)28-29-30(37)39-19-25-9-4-2-1-3-5-10-27(44)40-24-8-6-7-22(17-24)31(42-28)43(25)29/h4,9,11-16,18-19,22,24H,1-3,5-8,10,17H2,(H2,37,39)(H,40,44)(H,38,41,45)/t22-,24-/m1/s1. The number of fused-ring (bicyclic) bond motifs is 3. The Balaban J connectivity index is 1.35. The van der Waals surface area contributed by atoms with Crippen LogP contribution in [0.5, 0.6) is 0 Å². The van der Waals surface area contributed by atoms with E-state index in [1.54, 1.807) is 30.5 Å². The summed E-state index contributed by atoms with van der Waals surface area (Å²) in [6, 6.07) is 8.34. The van der Waals surface area contributed by atoms with E-state index < -0.39 is 17.6 Å². The highest BCUT2D eigenvalue weighted by Gasteiger charge is 2.32. The van der Waals surface area contributed by atoms with E-state index in [4.69, 9.17) is 10.7 Å². The van der Waals surface area contributed by atoms with Crippen LogP contribution in [0.15, 0.2) is 54.9 Å². The van der Waals surface area contributed by atoms with Gasteiger partial charge in [-0.3, -0.25) is 14.0 Å². The molecule has 0 radical (unpaired) electrons. The van der Waals surface area contributed by atoms with Crippen molar-refractivity contribution >= 4 is 35.0 Å². The van der Waals surface area contributed by atoms with Gasteiger partial charge < -0.3 is 16.4 Å². The molecule has 0 unspecified atom stereocenters. The molecule has 234 valence electrons. The lowest BCUT2D eigenvalue weighted by atomic mass is 9.85. The predicted octanol–water partition coefficient (Wildman–Crippen LogP) is 6.76. The Labute approximate surface area is 258 Å². The summed E-state index contributed by atoms with van der Waals surface area (Å²) in [5, 5.41) is 5.68. The zero-order valence-electron chi connectivity index (χ0n) is 24.6. The average Bonchev–Trinajstić information content (AvgIpc) is 3.43. The summed E-state index contributed by atoms with van der Waals surface area (Å²) in [5.74, 6) is 0.546. The number of nitrogens with zero attached hydrogens (tertiary/aromatic N) is 4. The van der Waals surface area contributed by atoms with E-state index in [9.17, 15) is 22.8 Å². The maximum absolute atomic E-state index is 13.1. The number of pyridine rings is 1. The molecule has 3 aromatic heterocycles. The number of aromatic nitrogens is 4. The fourth-order valence-electron chi connectivity index (χ4n) is 6.21. The molecule has 2 atom stereocenters. The molecule has 4 heterocycles. The molecule has 1 aromatic carbocycles. The second-order valence-electron chi connectivity index (χ2n) is 11.7. The van der Waals surface area contributed by atoms with Gasteiger partial charge in [0.1, 0.15) is 28.7 Å². The summed E-state index contributed by atoms with van der Waals surface area (Å²) in [4.78, 5) is 39.0. The minimum absolute atomic E-state index is 0.0689. The average molecular weight is 618 g/mol. The molecule has 0 saturated heterocycles. The second-order valence-corrected chi connectivity index (χ2v) is 11.7. The van der Waals surface area contributed by atoms with Crippen molar-refractivity contribution in [1.29, 1.82) is 0 Å². The van der Waals surface area contributed by atoms with Crippen LogP contribution in [0.4, 0.5) is 24.8 Å². The number of nitrogens with one attached hydrogen (secondary N) is 2. The Kier molecular flexibility index (Phi) is 8.55. The molecule has 2 amide bonds. The van der Waals surface area contributed by atoms with Gasteiger partial charge in [0, 0.05) is 35.7 Å². The number of carbonyl (C=O) groups is 2. The van der Waals surface area contributed by atoms with Gasteiger partial charge in [-0.25, -0.2) is 15.0 Å². The van der Waals surface area contributed by atoms with Gasteiger partial charge in [0.2, 0.25) is 5.91 Å². The number of amides is 2.